The number of Topliss-reactive ketones (excluding diaryl/α,β-unsaturated/α-hetero) is 1. The summed E-state index contributed by atoms with van der Waals surface area (Å²) in [7, 11) is 0. The van der Waals surface area contributed by atoms with Crippen molar-refractivity contribution >= 4 is 24.0 Å². The van der Waals surface area contributed by atoms with E-state index in [1.54, 1.807) is 41.5 Å². The third-order valence-corrected chi connectivity index (χ3v) is 4.02. The maximum atomic E-state index is 13.4. The minimum atomic E-state index is -1.93. The standard InChI is InChI=1S/C20H35N5O6/c1-18(2,3)30-16(28)25(17(29)31-19(4,5)6)13(9-7-8-11-21)14(26)20(22)10-12-23-15(27)24-20/h10,12-13H,7-9,11,21-22H2,1-6H3,(H2,23,24,27)/t13-,20?/m0/s1. The van der Waals surface area contributed by atoms with E-state index in [2.05, 4.69) is 10.6 Å². The molecule has 0 bridgehead atoms. The van der Waals surface area contributed by atoms with E-state index >= 15 is 0 Å². The Kier molecular flexibility index (Phi) is 8.59. The molecule has 1 rings (SSSR count). The monoisotopic (exact) mass is 441 g/mol. The Bertz CT molecular complexity index is 697. The lowest BCUT2D eigenvalue weighted by Crippen LogP contribution is -2.69. The van der Waals surface area contributed by atoms with Gasteiger partial charge in [0.2, 0.25) is 0 Å². The molecule has 0 aliphatic carbocycles. The second-order valence-electron chi connectivity index (χ2n) is 9.30. The average molecular weight is 442 g/mol. The lowest BCUT2D eigenvalue weighted by molar-refractivity contribution is -0.129. The Morgan fingerprint density at radius 1 is 1.06 bits per heavy atom. The highest BCUT2D eigenvalue weighted by Crippen LogP contribution is 2.23. The van der Waals surface area contributed by atoms with Crippen LogP contribution in [-0.2, 0) is 14.3 Å². The Morgan fingerprint density at radius 3 is 2.00 bits per heavy atom. The van der Waals surface area contributed by atoms with E-state index in [1.807, 2.05) is 0 Å². The van der Waals surface area contributed by atoms with Gasteiger partial charge < -0.3 is 25.8 Å². The number of nitrogens with one attached hydrogen (secondary N) is 2. The largest absolute Gasteiger partial charge is 0.443 e. The number of hydrogen-bond acceptors (Lipinski definition) is 8. The van der Waals surface area contributed by atoms with Crippen molar-refractivity contribution in [2.75, 3.05) is 6.54 Å². The van der Waals surface area contributed by atoms with Crippen molar-refractivity contribution in [3.8, 4) is 0 Å². The number of nitrogens with zero attached hydrogens (tertiary/aromatic N) is 1. The number of urea groups is 1. The molecule has 0 aromatic rings. The molecule has 0 saturated heterocycles. The normalized spacial score (nSPS) is 19.7. The van der Waals surface area contributed by atoms with Crippen LogP contribution in [0.25, 0.3) is 0 Å². The Labute approximate surface area is 182 Å². The van der Waals surface area contributed by atoms with Crippen molar-refractivity contribution in [3.05, 3.63) is 12.3 Å². The van der Waals surface area contributed by atoms with E-state index in [1.165, 1.54) is 12.3 Å². The van der Waals surface area contributed by atoms with Crippen LogP contribution in [0.2, 0.25) is 0 Å². The molecule has 11 heteroatoms. The van der Waals surface area contributed by atoms with Gasteiger partial charge in [0.1, 0.15) is 17.2 Å². The molecule has 0 aromatic heterocycles. The second-order valence-corrected chi connectivity index (χ2v) is 9.30. The van der Waals surface area contributed by atoms with Gasteiger partial charge in [0, 0.05) is 6.20 Å². The summed E-state index contributed by atoms with van der Waals surface area (Å²) in [4.78, 5) is 51.8. The molecule has 0 radical (unpaired) electrons. The van der Waals surface area contributed by atoms with Crippen molar-refractivity contribution in [3.63, 3.8) is 0 Å². The fourth-order valence-corrected chi connectivity index (χ4v) is 2.74. The molecule has 2 atom stereocenters. The number of carbonyl (C=O) groups excluding carboxylic acids is 4. The minimum absolute atomic E-state index is 0.0601. The first kappa shape index (κ1) is 26.4. The summed E-state index contributed by atoms with van der Waals surface area (Å²) in [6, 6.07) is -2.05. The van der Waals surface area contributed by atoms with Crippen LogP contribution in [0, 0.1) is 0 Å². The van der Waals surface area contributed by atoms with Gasteiger partial charge >= 0.3 is 18.2 Å². The lowest BCUT2D eigenvalue weighted by atomic mass is 9.93. The van der Waals surface area contributed by atoms with Crippen molar-refractivity contribution in [2.24, 2.45) is 11.5 Å². The molecule has 1 aliphatic heterocycles. The van der Waals surface area contributed by atoms with E-state index in [0.717, 1.165) is 0 Å². The number of ether oxygens (including phenoxy) is 2. The van der Waals surface area contributed by atoms with Crippen molar-refractivity contribution in [1.29, 1.82) is 0 Å². The van der Waals surface area contributed by atoms with Crippen LogP contribution in [-0.4, -0.2) is 58.4 Å². The Morgan fingerprint density at radius 2 is 1.58 bits per heavy atom. The summed E-state index contributed by atoms with van der Waals surface area (Å²) < 4.78 is 10.7. The molecule has 11 nitrogen and oxygen atoms in total. The van der Waals surface area contributed by atoms with Gasteiger partial charge in [-0.05, 0) is 73.4 Å². The first-order valence-corrected chi connectivity index (χ1v) is 10.1. The van der Waals surface area contributed by atoms with Crippen LogP contribution >= 0.6 is 0 Å². The molecule has 1 unspecified atom stereocenters. The molecular weight excluding hydrogens is 406 g/mol. The number of unbranched alkanes of at least 4 members (excludes halogenated alkanes) is 1. The number of imide groups is 1. The number of hydrogen-bond donors (Lipinski definition) is 4. The quantitative estimate of drug-likeness (QED) is 0.433. The van der Waals surface area contributed by atoms with E-state index in [9.17, 15) is 19.2 Å². The second kappa shape index (κ2) is 10.1. The van der Waals surface area contributed by atoms with E-state index < -0.39 is 46.9 Å². The Hall–Kier alpha value is -2.66. The highest BCUT2D eigenvalue weighted by molar-refractivity contribution is 6.03. The zero-order valence-electron chi connectivity index (χ0n) is 19.1. The number of amides is 4. The molecular formula is C20H35N5O6. The highest BCUT2D eigenvalue weighted by Gasteiger charge is 2.47. The number of carbonyl (C=O) groups is 4. The summed E-state index contributed by atoms with van der Waals surface area (Å²) in [5.41, 5.74) is 7.87. The van der Waals surface area contributed by atoms with Gasteiger partial charge in [-0.15, -0.1) is 0 Å². The maximum Gasteiger partial charge on any atom is 0.420 e. The predicted molar refractivity (Wildman–Crippen MR) is 114 cm³/mol. The fourth-order valence-electron chi connectivity index (χ4n) is 2.74. The molecule has 1 heterocycles. The van der Waals surface area contributed by atoms with Crippen molar-refractivity contribution < 1.29 is 28.7 Å². The van der Waals surface area contributed by atoms with Crippen LogP contribution in [0.15, 0.2) is 12.3 Å². The van der Waals surface area contributed by atoms with Gasteiger partial charge in [-0.3, -0.25) is 10.5 Å². The summed E-state index contributed by atoms with van der Waals surface area (Å²) in [5, 5.41) is 4.67. The van der Waals surface area contributed by atoms with Crippen LogP contribution in [0.3, 0.4) is 0 Å². The van der Waals surface area contributed by atoms with Crippen LogP contribution in [0.4, 0.5) is 14.4 Å². The molecule has 0 saturated carbocycles. The molecule has 0 spiro atoms. The van der Waals surface area contributed by atoms with E-state index in [0.29, 0.717) is 24.3 Å². The first-order valence-electron chi connectivity index (χ1n) is 10.1. The smallest absolute Gasteiger partial charge is 0.420 e. The van der Waals surface area contributed by atoms with Gasteiger partial charge in [0.15, 0.2) is 11.4 Å². The number of nitrogens with two attached hydrogens (primary N) is 2. The zero-order chi connectivity index (χ0) is 24.0. The van der Waals surface area contributed by atoms with Gasteiger partial charge in [-0.2, -0.15) is 0 Å². The van der Waals surface area contributed by atoms with Crippen LogP contribution < -0.4 is 22.1 Å². The van der Waals surface area contributed by atoms with E-state index in [-0.39, 0.29) is 6.42 Å². The molecule has 4 amide bonds. The molecule has 31 heavy (non-hydrogen) atoms. The summed E-state index contributed by atoms with van der Waals surface area (Å²) >= 11 is 0. The topological polar surface area (TPSA) is 166 Å². The first-order chi connectivity index (χ1) is 14.1. The zero-order valence-corrected chi connectivity index (χ0v) is 19.1. The lowest BCUT2D eigenvalue weighted by Gasteiger charge is -2.37. The molecule has 6 N–H and O–H groups in total. The number of rotatable bonds is 7. The van der Waals surface area contributed by atoms with Gasteiger partial charge in [0.05, 0.1) is 0 Å². The molecule has 1 aliphatic rings. The average Bonchev–Trinajstić information content (AvgIpc) is 2.56. The minimum Gasteiger partial charge on any atom is -0.443 e. The molecule has 0 aromatic carbocycles. The van der Waals surface area contributed by atoms with Crippen LogP contribution in [0.1, 0.15) is 60.8 Å². The van der Waals surface area contributed by atoms with Gasteiger partial charge in [0.25, 0.3) is 0 Å². The van der Waals surface area contributed by atoms with E-state index in [4.69, 9.17) is 20.9 Å². The summed E-state index contributed by atoms with van der Waals surface area (Å²) in [6.45, 7) is 10.1. The molecule has 0 fully saturated rings. The van der Waals surface area contributed by atoms with Crippen molar-refractivity contribution in [1.82, 2.24) is 15.5 Å². The third kappa shape index (κ3) is 8.18. The van der Waals surface area contributed by atoms with Crippen LogP contribution in [0.5, 0.6) is 0 Å². The summed E-state index contributed by atoms with van der Waals surface area (Å²) in [6.07, 6.45) is 1.38. The summed E-state index contributed by atoms with van der Waals surface area (Å²) in [5.74, 6) is -0.771. The fraction of sp³-hybridized carbons (Fsp3) is 0.700. The SMILES string of the molecule is CC(C)(C)OC(=O)N(C(=O)OC(C)(C)C)[C@@H](CCCCN)C(=O)C1(N)C=CNC(=O)N1. The van der Waals surface area contributed by atoms with Gasteiger partial charge in [-0.25, -0.2) is 19.3 Å². The van der Waals surface area contributed by atoms with Gasteiger partial charge in [-0.1, -0.05) is 0 Å². The predicted octanol–water partition coefficient (Wildman–Crippen LogP) is 1.71. The third-order valence-electron chi connectivity index (χ3n) is 4.02. The Balaban J connectivity index is 3.41. The highest BCUT2D eigenvalue weighted by atomic mass is 16.6. The molecule has 176 valence electrons. The number of ketones is 1. The van der Waals surface area contributed by atoms with Crippen molar-refractivity contribution in [2.45, 2.75) is 83.7 Å². The maximum absolute atomic E-state index is 13.4.